The third kappa shape index (κ3) is 4.59. The van der Waals surface area contributed by atoms with Crippen molar-refractivity contribution in [3.8, 4) is 0 Å². The summed E-state index contributed by atoms with van der Waals surface area (Å²) >= 11 is 0. The van der Waals surface area contributed by atoms with Crippen LogP contribution in [-0.4, -0.2) is 29.1 Å². The smallest absolute Gasteiger partial charge is 0.335 e. The summed E-state index contributed by atoms with van der Waals surface area (Å²) < 4.78 is 0. The Morgan fingerprint density at radius 2 is 1.62 bits per heavy atom. The Balaban J connectivity index is 1.89. The minimum absolute atomic E-state index is 0.171. The Bertz CT molecular complexity index is 739. The van der Waals surface area contributed by atoms with Crippen LogP contribution in [0.15, 0.2) is 42.5 Å². The molecule has 0 atom stereocenters. The third-order valence-electron chi connectivity index (χ3n) is 3.98. The Kier molecular flexibility index (Phi) is 5.58. The molecule has 2 N–H and O–H groups in total. The fourth-order valence-electron chi connectivity index (χ4n) is 2.33. The standard InChI is InChI=1S/C19H22N2O3/c1-13-4-5-16(10-14(13)2)12-21(3)19(24)20-11-15-6-8-17(9-7-15)18(22)23/h4-10H,11-12H2,1-3H3,(H,20,24)(H,22,23). The van der Waals surface area contributed by atoms with E-state index in [1.807, 2.05) is 6.07 Å². The number of nitrogens with zero attached hydrogens (tertiary/aromatic N) is 1. The van der Waals surface area contributed by atoms with Crippen molar-refractivity contribution in [3.05, 3.63) is 70.3 Å². The molecule has 2 aromatic carbocycles. The molecule has 5 nitrogen and oxygen atoms in total. The molecule has 0 radical (unpaired) electrons. The number of rotatable bonds is 5. The quantitative estimate of drug-likeness (QED) is 0.885. The van der Waals surface area contributed by atoms with E-state index in [4.69, 9.17) is 5.11 Å². The second-order valence-corrected chi connectivity index (χ2v) is 5.94. The molecule has 126 valence electrons. The molecule has 0 saturated carbocycles. The number of carbonyl (C=O) groups excluding carboxylic acids is 1. The Morgan fingerprint density at radius 3 is 2.21 bits per heavy atom. The number of urea groups is 1. The van der Waals surface area contributed by atoms with E-state index in [-0.39, 0.29) is 11.6 Å². The van der Waals surface area contributed by atoms with E-state index in [2.05, 4.69) is 31.3 Å². The second kappa shape index (κ2) is 7.64. The molecule has 2 rings (SSSR count). The number of benzene rings is 2. The van der Waals surface area contributed by atoms with Crippen molar-refractivity contribution in [2.24, 2.45) is 0 Å². The highest BCUT2D eigenvalue weighted by molar-refractivity contribution is 5.87. The first-order valence-electron chi connectivity index (χ1n) is 7.74. The first kappa shape index (κ1) is 17.5. The molecule has 0 heterocycles. The molecule has 0 bridgehead atoms. The molecular formula is C19H22N2O3. The molecule has 0 aromatic heterocycles. The van der Waals surface area contributed by atoms with Crippen LogP contribution in [0.3, 0.4) is 0 Å². The monoisotopic (exact) mass is 326 g/mol. The van der Waals surface area contributed by atoms with Gasteiger partial charge in [-0.25, -0.2) is 9.59 Å². The van der Waals surface area contributed by atoms with Crippen LogP contribution >= 0.6 is 0 Å². The van der Waals surface area contributed by atoms with E-state index in [0.717, 1.165) is 11.1 Å². The molecule has 0 fully saturated rings. The van der Waals surface area contributed by atoms with Crippen molar-refractivity contribution in [2.45, 2.75) is 26.9 Å². The minimum atomic E-state index is -0.960. The van der Waals surface area contributed by atoms with Crippen LogP contribution < -0.4 is 5.32 Å². The van der Waals surface area contributed by atoms with E-state index < -0.39 is 5.97 Å². The van der Waals surface area contributed by atoms with Crippen LogP contribution in [0.2, 0.25) is 0 Å². The van der Waals surface area contributed by atoms with Crippen LogP contribution in [0.25, 0.3) is 0 Å². The maximum absolute atomic E-state index is 12.2. The minimum Gasteiger partial charge on any atom is -0.478 e. The molecule has 0 aliphatic heterocycles. The lowest BCUT2D eigenvalue weighted by atomic mass is 10.1. The van der Waals surface area contributed by atoms with Crippen molar-refractivity contribution < 1.29 is 14.7 Å². The highest BCUT2D eigenvalue weighted by atomic mass is 16.4. The van der Waals surface area contributed by atoms with Crippen LogP contribution in [0.5, 0.6) is 0 Å². The van der Waals surface area contributed by atoms with Crippen molar-refractivity contribution in [3.63, 3.8) is 0 Å². The lowest BCUT2D eigenvalue weighted by molar-refractivity contribution is 0.0697. The molecule has 0 aliphatic rings. The van der Waals surface area contributed by atoms with Gasteiger partial charge in [-0.3, -0.25) is 0 Å². The lowest BCUT2D eigenvalue weighted by Crippen LogP contribution is -2.36. The number of carboxylic acids is 1. The Morgan fingerprint density at radius 1 is 1.00 bits per heavy atom. The van der Waals surface area contributed by atoms with Gasteiger partial charge in [-0.05, 0) is 48.2 Å². The molecule has 0 unspecified atom stereocenters. The predicted molar refractivity (Wildman–Crippen MR) is 93.0 cm³/mol. The first-order chi connectivity index (χ1) is 11.4. The maximum atomic E-state index is 12.2. The van der Waals surface area contributed by atoms with Crippen molar-refractivity contribution >= 4 is 12.0 Å². The number of aryl methyl sites for hydroxylation is 2. The number of hydrogen-bond acceptors (Lipinski definition) is 2. The SMILES string of the molecule is Cc1ccc(CN(C)C(=O)NCc2ccc(C(=O)O)cc2)cc1C. The summed E-state index contributed by atoms with van der Waals surface area (Å²) in [5.74, 6) is -0.960. The average molecular weight is 326 g/mol. The second-order valence-electron chi connectivity index (χ2n) is 5.94. The summed E-state index contributed by atoms with van der Waals surface area (Å²) in [6, 6.07) is 12.5. The van der Waals surface area contributed by atoms with Crippen LogP contribution in [0.4, 0.5) is 4.79 Å². The van der Waals surface area contributed by atoms with Crippen LogP contribution in [-0.2, 0) is 13.1 Å². The predicted octanol–water partition coefficient (Wildman–Crippen LogP) is 3.34. The van der Waals surface area contributed by atoms with Crippen LogP contribution in [0, 0.1) is 13.8 Å². The maximum Gasteiger partial charge on any atom is 0.335 e. The summed E-state index contributed by atoms with van der Waals surface area (Å²) in [6.07, 6.45) is 0. The summed E-state index contributed by atoms with van der Waals surface area (Å²) in [7, 11) is 1.75. The van der Waals surface area contributed by atoms with Gasteiger partial charge in [0.2, 0.25) is 0 Å². The van der Waals surface area contributed by atoms with E-state index >= 15 is 0 Å². The van der Waals surface area contributed by atoms with E-state index in [1.165, 1.54) is 23.3 Å². The number of aromatic carboxylic acids is 1. The normalized spacial score (nSPS) is 10.3. The molecule has 0 spiro atoms. The van der Waals surface area contributed by atoms with E-state index in [0.29, 0.717) is 13.1 Å². The fraction of sp³-hybridized carbons (Fsp3) is 0.263. The van der Waals surface area contributed by atoms with Crippen molar-refractivity contribution in [1.82, 2.24) is 10.2 Å². The van der Waals surface area contributed by atoms with Crippen molar-refractivity contribution in [2.75, 3.05) is 7.05 Å². The fourth-order valence-corrected chi connectivity index (χ4v) is 2.33. The van der Waals surface area contributed by atoms with Gasteiger partial charge >= 0.3 is 12.0 Å². The van der Waals surface area contributed by atoms with Gasteiger partial charge in [0.1, 0.15) is 0 Å². The van der Waals surface area contributed by atoms with Crippen molar-refractivity contribution in [1.29, 1.82) is 0 Å². The zero-order chi connectivity index (χ0) is 17.7. The van der Waals surface area contributed by atoms with Gasteiger partial charge < -0.3 is 15.3 Å². The van der Waals surface area contributed by atoms with Gasteiger partial charge in [-0.15, -0.1) is 0 Å². The zero-order valence-electron chi connectivity index (χ0n) is 14.2. The number of amides is 2. The van der Waals surface area contributed by atoms with E-state index in [1.54, 1.807) is 24.1 Å². The molecule has 0 aliphatic carbocycles. The van der Waals surface area contributed by atoms with Gasteiger partial charge in [0.05, 0.1) is 5.56 Å². The van der Waals surface area contributed by atoms with E-state index in [9.17, 15) is 9.59 Å². The number of nitrogens with one attached hydrogen (secondary N) is 1. The average Bonchev–Trinajstić information content (AvgIpc) is 2.56. The van der Waals surface area contributed by atoms with Crippen LogP contribution in [0.1, 0.15) is 32.6 Å². The molecule has 2 amide bonds. The molecule has 24 heavy (non-hydrogen) atoms. The number of carboxylic acid groups (broad SMARTS) is 1. The lowest BCUT2D eigenvalue weighted by Gasteiger charge is -2.18. The highest BCUT2D eigenvalue weighted by Crippen LogP contribution is 2.11. The summed E-state index contributed by atoms with van der Waals surface area (Å²) in [4.78, 5) is 24.6. The van der Waals surface area contributed by atoms with Gasteiger partial charge in [0.25, 0.3) is 0 Å². The number of carbonyl (C=O) groups is 2. The Hall–Kier alpha value is -2.82. The summed E-state index contributed by atoms with van der Waals surface area (Å²) in [5, 5.41) is 11.7. The molecular weight excluding hydrogens is 304 g/mol. The topological polar surface area (TPSA) is 69.6 Å². The summed E-state index contributed by atoms with van der Waals surface area (Å²) in [6.45, 7) is 5.01. The van der Waals surface area contributed by atoms with Gasteiger partial charge in [-0.1, -0.05) is 30.3 Å². The number of hydrogen-bond donors (Lipinski definition) is 2. The first-order valence-corrected chi connectivity index (χ1v) is 7.74. The molecule has 2 aromatic rings. The largest absolute Gasteiger partial charge is 0.478 e. The van der Waals surface area contributed by atoms with Gasteiger partial charge in [0.15, 0.2) is 0 Å². The van der Waals surface area contributed by atoms with Gasteiger partial charge in [0, 0.05) is 20.1 Å². The molecule has 5 heteroatoms. The highest BCUT2D eigenvalue weighted by Gasteiger charge is 2.09. The molecule has 0 saturated heterocycles. The summed E-state index contributed by atoms with van der Waals surface area (Å²) in [5.41, 5.74) is 4.61. The zero-order valence-corrected chi connectivity index (χ0v) is 14.2. The van der Waals surface area contributed by atoms with Gasteiger partial charge in [-0.2, -0.15) is 0 Å². The Labute approximate surface area is 141 Å². The third-order valence-corrected chi connectivity index (χ3v) is 3.98.